The average molecular weight is 702 g/mol. The monoisotopic (exact) mass is 700 g/mol. The molecule has 3 aromatic heterocycles. The Bertz CT molecular complexity index is 1860. The molecule has 4 aromatic carbocycles. The van der Waals surface area contributed by atoms with E-state index in [1.54, 1.807) is 12.4 Å². The Morgan fingerprint density at radius 2 is 1.10 bits per heavy atom. The van der Waals surface area contributed by atoms with Gasteiger partial charge in [-0.25, -0.2) is 9.97 Å². The maximum atomic E-state index is 6.28. The minimum absolute atomic E-state index is 0.0119. The van der Waals surface area contributed by atoms with E-state index in [2.05, 4.69) is 81.6 Å². The van der Waals surface area contributed by atoms with Gasteiger partial charge in [-0.15, -0.1) is 0 Å². The molecule has 242 valence electrons. The van der Waals surface area contributed by atoms with Crippen LogP contribution in [0.15, 0.2) is 164 Å². The lowest BCUT2D eigenvalue weighted by Gasteiger charge is -2.20. The van der Waals surface area contributed by atoms with E-state index in [0.717, 1.165) is 58.6 Å². The van der Waals surface area contributed by atoms with E-state index in [9.17, 15) is 0 Å². The molecule has 9 heteroatoms. The highest BCUT2D eigenvalue weighted by Gasteiger charge is 2.15. The van der Waals surface area contributed by atoms with Crippen LogP contribution >= 0.6 is 15.9 Å². The summed E-state index contributed by atoms with van der Waals surface area (Å²) in [5, 5.41) is 6.86. The topological polar surface area (TPSA) is 82.8 Å². The molecule has 3 heterocycles. The Balaban J connectivity index is 0.000000170. The summed E-state index contributed by atoms with van der Waals surface area (Å²) in [4.78, 5) is 8.19. The van der Waals surface area contributed by atoms with Crippen molar-refractivity contribution in [2.24, 2.45) is 0 Å². The van der Waals surface area contributed by atoms with Crippen molar-refractivity contribution in [3.05, 3.63) is 175 Å². The van der Waals surface area contributed by atoms with E-state index >= 15 is 0 Å². The summed E-state index contributed by atoms with van der Waals surface area (Å²) >= 11 is 3.48. The molecule has 0 aliphatic carbocycles. The molecule has 0 aliphatic heterocycles. The van der Waals surface area contributed by atoms with E-state index in [1.807, 2.05) is 110 Å². The number of hydrogen-bond donors (Lipinski definition) is 1. The molecule has 0 bridgehead atoms. The normalized spacial score (nSPS) is 12.0. The number of benzene rings is 4. The van der Waals surface area contributed by atoms with Crippen molar-refractivity contribution in [1.29, 1.82) is 0 Å². The van der Waals surface area contributed by atoms with Crippen LogP contribution < -0.4 is 9.47 Å². The molecule has 1 N–H and O–H groups in total. The van der Waals surface area contributed by atoms with Gasteiger partial charge in [0.2, 0.25) is 0 Å². The number of aryl methyl sites for hydroxylation is 2. The second-order valence-electron chi connectivity index (χ2n) is 11.2. The van der Waals surface area contributed by atoms with E-state index in [1.165, 1.54) is 5.56 Å². The second kappa shape index (κ2) is 16.9. The van der Waals surface area contributed by atoms with Gasteiger partial charge >= 0.3 is 0 Å². The van der Waals surface area contributed by atoms with Gasteiger partial charge in [-0.1, -0.05) is 88.7 Å². The number of imidazole rings is 2. The van der Waals surface area contributed by atoms with Crippen LogP contribution in [-0.2, 0) is 13.1 Å². The van der Waals surface area contributed by atoms with Crippen molar-refractivity contribution in [2.75, 3.05) is 0 Å². The molecule has 2 atom stereocenters. The molecule has 7 rings (SSSR count). The molecule has 0 aliphatic rings. The number of H-pyrrole nitrogens is 1. The van der Waals surface area contributed by atoms with Crippen LogP contribution in [-0.4, -0.2) is 29.3 Å². The second-order valence-corrected chi connectivity index (χ2v) is 12.1. The van der Waals surface area contributed by atoms with Crippen molar-refractivity contribution in [1.82, 2.24) is 29.3 Å². The number of ether oxygens (including phenoxy) is 2. The largest absolute Gasteiger partial charge is 0.486 e. The summed E-state index contributed by atoms with van der Waals surface area (Å²) in [6, 6.07) is 36.7. The van der Waals surface area contributed by atoms with Crippen molar-refractivity contribution in [2.45, 2.75) is 38.1 Å². The van der Waals surface area contributed by atoms with Crippen molar-refractivity contribution in [3.63, 3.8) is 0 Å². The van der Waals surface area contributed by atoms with Crippen molar-refractivity contribution >= 4 is 15.9 Å². The first-order chi connectivity index (χ1) is 23.7. The average Bonchev–Trinajstić information content (AvgIpc) is 3.96. The molecule has 7 aromatic rings. The molecule has 2 unspecified atom stereocenters. The smallest absolute Gasteiger partial charge is 0.125 e. The predicted octanol–water partition coefficient (Wildman–Crippen LogP) is 9.34. The molecular weight excluding hydrogens is 664 g/mol. The Kier molecular flexibility index (Phi) is 11.5. The number of aromatic amines is 1. The molecule has 8 nitrogen and oxygen atoms in total. The SMILES string of the molecule is Brc1ccc(C(CCn2ccnc2)Oc2ccccc2)cc1.c1ccc(OC(CCn2ccnc2)c2ccc(-c3cn[nH]c3)cc2)cc1. The Labute approximate surface area is 289 Å². The van der Waals surface area contributed by atoms with E-state index in [4.69, 9.17) is 9.47 Å². The highest BCUT2D eigenvalue weighted by molar-refractivity contribution is 9.10. The lowest BCUT2D eigenvalue weighted by Crippen LogP contribution is -2.11. The summed E-state index contributed by atoms with van der Waals surface area (Å²) in [6.07, 6.45) is 16.7. The van der Waals surface area contributed by atoms with Gasteiger partial charge in [0, 0.05) is 67.0 Å². The van der Waals surface area contributed by atoms with Crippen molar-refractivity contribution < 1.29 is 9.47 Å². The summed E-state index contributed by atoms with van der Waals surface area (Å²) in [5.41, 5.74) is 4.54. The van der Waals surface area contributed by atoms with Gasteiger partial charge in [0.25, 0.3) is 0 Å². The maximum absolute atomic E-state index is 6.28. The fourth-order valence-corrected chi connectivity index (χ4v) is 5.53. The molecule has 0 radical (unpaired) electrons. The highest BCUT2D eigenvalue weighted by atomic mass is 79.9. The number of para-hydroxylation sites is 2. The molecule has 0 saturated heterocycles. The first-order valence-corrected chi connectivity index (χ1v) is 16.7. The van der Waals surface area contributed by atoms with Gasteiger partial charge in [0.1, 0.15) is 23.7 Å². The molecule has 0 amide bonds. The van der Waals surface area contributed by atoms with Crippen LogP contribution in [0.5, 0.6) is 11.5 Å². The van der Waals surface area contributed by atoms with Crippen LogP contribution in [0.1, 0.15) is 36.2 Å². The highest BCUT2D eigenvalue weighted by Crippen LogP contribution is 2.29. The third-order valence-corrected chi connectivity index (χ3v) is 8.34. The van der Waals surface area contributed by atoms with Crippen LogP contribution in [0.2, 0.25) is 0 Å². The minimum Gasteiger partial charge on any atom is -0.486 e. The summed E-state index contributed by atoms with van der Waals surface area (Å²) in [5.74, 6) is 1.77. The Morgan fingerprint density at radius 3 is 1.54 bits per heavy atom. The fourth-order valence-electron chi connectivity index (χ4n) is 5.26. The third-order valence-electron chi connectivity index (χ3n) is 7.82. The molecular formula is C39H37BrN6O2. The minimum atomic E-state index is -0.0294. The Hall–Kier alpha value is -5.41. The molecule has 0 spiro atoms. The van der Waals surface area contributed by atoms with Gasteiger partial charge in [-0.05, 0) is 53.1 Å². The van der Waals surface area contributed by atoms with Gasteiger partial charge in [0.05, 0.1) is 18.9 Å². The van der Waals surface area contributed by atoms with Crippen LogP contribution in [0.3, 0.4) is 0 Å². The maximum Gasteiger partial charge on any atom is 0.125 e. The third kappa shape index (κ3) is 9.56. The quantitative estimate of drug-likeness (QED) is 0.130. The summed E-state index contributed by atoms with van der Waals surface area (Å²) in [6.45, 7) is 1.72. The zero-order valence-corrected chi connectivity index (χ0v) is 28.0. The van der Waals surface area contributed by atoms with E-state index in [-0.39, 0.29) is 12.2 Å². The zero-order valence-electron chi connectivity index (χ0n) is 26.4. The number of hydrogen-bond acceptors (Lipinski definition) is 5. The standard InChI is InChI=1S/C21H20N4O.C18H17BrN2O/c1-2-4-20(5-3-1)26-21(10-12-25-13-11-22-16-25)18-8-6-17(7-9-18)19-14-23-24-15-19;19-16-8-6-15(7-9-16)18(10-12-21-13-11-20-14-21)22-17-4-2-1-3-5-17/h1-9,11,13-16,21H,10,12H2,(H,23,24);1-9,11,13-14,18H,10,12H2. The molecule has 0 saturated carbocycles. The first-order valence-electron chi connectivity index (χ1n) is 15.9. The van der Waals surface area contributed by atoms with Gasteiger partial charge < -0.3 is 18.6 Å². The summed E-state index contributed by atoms with van der Waals surface area (Å²) < 4.78 is 17.7. The number of rotatable bonds is 13. The lowest BCUT2D eigenvalue weighted by molar-refractivity contribution is 0.188. The zero-order chi connectivity index (χ0) is 32.8. The number of nitrogens with zero attached hydrogens (tertiary/aromatic N) is 5. The van der Waals surface area contributed by atoms with Crippen LogP contribution in [0.25, 0.3) is 11.1 Å². The predicted molar refractivity (Wildman–Crippen MR) is 191 cm³/mol. The Morgan fingerprint density at radius 1 is 0.604 bits per heavy atom. The van der Waals surface area contributed by atoms with Crippen LogP contribution in [0, 0.1) is 0 Å². The number of halogens is 1. The van der Waals surface area contributed by atoms with Crippen LogP contribution in [0.4, 0.5) is 0 Å². The van der Waals surface area contributed by atoms with Gasteiger partial charge in [-0.2, -0.15) is 5.10 Å². The number of nitrogens with one attached hydrogen (secondary N) is 1. The lowest BCUT2D eigenvalue weighted by atomic mass is 10.0. The fraction of sp³-hybridized carbons (Fsp3) is 0.154. The summed E-state index contributed by atoms with van der Waals surface area (Å²) in [7, 11) is 0. The number of aromatic nitrogens is 6. The van der Waals surface area contributed by atoms with Gasteiger partial charge in [-0.3, -0.25) is 5.10 Å². The molecule has 0 fully saturated rings. The first kappa shape index (κ1) is 32.5. The van der Waals surface area contributed by atoms with Crippen molar-refractivity contribution in [3.8, 4) is 22.6 Å². The molecule has 48 heavy (non-hydrogen) atoms. The van der Waals surface area contributed by atoms with Gasteiger partial charge in [0.15, 0.2) is 0 Å². The van der Waals surface area contributed by atoms with E-state index < -0.39 is 0 Å². The van der Waals surface area contributed by atoms with E-state index in [0.29, 0.717) is 0 Å².